The van der Waals surface area contributed by atoms with Crippen LogP contribution in [0.1, 0.15) is 12.8 Å². The zero-order chi connectivity index (χ0) is 4.41. The molecule has 1 fully saturated rings. The molecule has 0 bridgehead atoms. The number of hydrogen-bond acceptors (Lipinski definition) is 1. The second kappa shape index (κ2) is 4.03. The van der Waals surface area contributed by atoms with Crippen molar-refractivity contribution in [3.05, 3.63) is 5.32 Å². The second-order valence-corrected chi connectivity index (χ2v) is 1.38. The van der Waals surface area contributed by atoms with Crippen LogP contribution in [0.25, 0.3) is 5.32 Å². The molecule has 0 aromatic heterocycles. The van der Waals surface area contributed by atoms with Gasteiger partial charge in [0.2, 0.25) is 0 Å². The van der Waals surface area contributed by atoms with Crippen LogP contribution in [0.5, 0.6) is 0 Å². The van der Waals surface area contributed by atoms with Crippen LogP contribution < -0.4 is 51.4 Å². The molecule has 1 saturated heterocycles. The summed E-state index contributed by atoms with van der Waals surface area (Å²) in [5.41, 5.74) is 0. The van der Waals surface area contributed by atoms with E-state index in [1.54, 1.807) is 0 Å². The Morgan fingerprint density at radius 3 is 2.43 bits per heavy atom. The number of rotatable bonds is 0. The average Bonchev–Trinajstić information content (AvgIpc) is 1.86. The van der Waals surface area contributed by atoms with Crippen molar-refractivity contribution in [2.45, 2.75) is 12.8 Å². The van der Waals surface area contributed by atoms with Gasteiger partial charge in [0.15, 0.2) is 0 Å². The van der Waals surface area contributed by atoms with Crippen molar-refractivity contribution >= 4 is 5.91 Å². The number of hydrogen-bond donors (Lipinski definition) is 0. The van der Waals surface area contributed by atoms with Gasteiger partial charge in [0.05, 0.1) is 5.91 Å². The molecule has 2 nitrogen and oxygen atoms in total. The molecule has 0 saturated carbocycles. The summed E-state index contributed by atoms with van der Waals surface area (Å²) in [5.74, 6) is 0.0787. The standard InChI is InChI=1S/C4H7NO.K/c6-4-2-1-3-5-4;/h1-3H2,(H,5,6);/q;+1/p-1. The van der Waals surface area contributed by atoms with Gasteiger partial charge < -0.3 is 10.1 Å². The molecule has 0 aromatic carbocycles. The fourth-order valence-electron chi connectivity index (χ4n) is 0.513. The molecule has 0 aliphatic carbocycles. The Hall–Kier alpha value is 1.11. The minimum absolute atomic E-state index is 0. The molecule has 34 valence electrons. The van der Waals surface area contributed by atoms with Gasteiger partial charge in [-0.1, -0.05) is 6.42 Å². The van der Waals surface area contributed by atoms with Crippen molar-refractivity contribution in [3.8, 4) is 0 Å². The Morgan fingerprint density at radius 1 is 1.57 bits per heavy atom. The van der Waals surface area contributed by atoms with E-state index in [1.165, 1.54) is 0 Å². The quantitative estimate of drug-likeness (QED) is 0.333. The van der Waals surface area contributed by atoms with Gasteiger partial charge in [0.1, 0.15) is 0 Å². The predicted octanol–water partition coefficient (Wildman–Crippen LogP) is -2.32. The molecule has 1 amide bonds. The van der Waals surface area contributed by atoms with Crippen molar-refractivity contribution in [2.24, 2.45) is 0 Å². The summed E-state index contributed by atoms with van der Waals surface area (Å²) in [4.78, 5) is 10.1. The Bertz CT molecular complexity index is 66.1. The molecule has 0 N–H and O–H groups in total. The third-order valence-electron chi connectivity index (χ3n) is 0.837. The van der Waals surface area contributed by atoms with Crippen LogP contribution in [0.3, 0.4) is 0 Å². The molecule has 0 aromatic rings. The van der Waals surface area contributed by atoms with Gasteiger partial charge in [-0.15, -0.1) is 6.54 Å². The van der Waals surface area contributed by atoms with E-state index in [4.69, 9.17) is 0 Å². The number of carbonyl (C=O) groups is 1. The first kappa shape index (κ1) is 8.11. The average molecular weight is 123 g/mol. The molecule has 1 aliphatic rings. The van der Waals surface area contributed by atoms with Crippen LogP contribution in [0, 0.1) is 0 Å². The van der Waals surface area contributed by atoms with E-state index in [1.807, 2.05) is 0 Å². The Labute approximate surface area is 85.5 Å². The van der Waals surface area contributed by atoms with E-state index in [0.717, 1.165) is 13.0 Å². The van der Waals surface area contributed by atoms with E-state index in [0.29, 0.717) is 6.42 Å². The smallest absolute Gasteiger partial charge is 0.653 e. The number of amides is 1. The first-order valence-electron chi connectivity index (χ1n) is 2.10. The summed E-state index contributed by atoms with van der Waals surface area (Å²) in [6.45, 7) is 0.763. The minimum Gasteiger partial charge on any atom is -0.653 e. The van der Waals surface area contributed by atoms with Gasteiger partial charge in [0, 0.05) is 0 Å². The predicted molar refractivity (Wildman–Crippen MR) is 22.5 cm³/mol. The van der Waals surface area contributed by atoms with E-state index < -0.39 is 0 Å². The van der Waals surface area contributed by atoms with Gasteiger partial charge in [-0.3, -0.25) is 0 Å². The molecule has 0 atom stereocenters. The van der Waals surface area contributed by atoms with E-state index in [-0.39, 0.29) is 57.3 Å². The summed E-state index contributed by atoms with van der Waals surface area (Å²) in [6, 6.07) is 0. The summed E-state index contributed by atoms with van der Waals surface area (Å²) < 4.78 is 0. The molecule has 0 spiro atoms. The third kappa shape index (κ3) is 2.82. The van der Waals surface area contributed by atoms with Gasteiger partial charge in [0.25, 0.3) is 0 Å². The number of carbonyl (C=O) groups excluding carboxylic acids is 1. The molecule has 3 heteroatoms. The Morgan fingerprint density at radius 2 is 2.29 bits per heavy atom. The second-order valence-electron chi connectivity index (χ2n) is 1.38. The fourth-order valence-corrected chi connectivity index (χ4v) is 0.513. The maximum absolute atomic E-state index is 10.1. The largest absolute Gasteiger partial charge is 1.00 e. The summed E-state index contributed by atoms with van der Waals surface area (Å²) in [6.07, 6.45) is 1.65. The van der Waals surface area contributed by atoms with E-state index >= 15 is 0 Å². The van der Waals surface area contributed by atoms with Crippen LogP contribution in [-0.4, -0.2) is 12.5 Å². The zero-order valence-corrected chi connectivity index (χ0v) is 7.60. The molecule has 0 radical (unpaired) electrons. The van der Waals surface area contributed by atoms with Crippen molar-refractivity contribution in [1.82, 2.24) is 0 Å². The van der Waals surface area contributed by atoms with Crippen LogP contribution in [0.2, 0.25) is 0 Å². The maximum atomic E-state index is 10.1. The van der Waals surface area contributed by atoms with Crippen molar-refractivity contribution in [1.29, 1.82) is 0 Å². The molecular formula is C4H6KNO. The molecule has 1 heterocycles. The fraction of sp³-hybridized carbons (Fsp3) is 0.750. The van der Waals surface area contributed by atoms with E-state index in [9.17, 15) is 4.79 Å². The Balaban J connectivity index is 0.000000360. The van der Waals surface area contributed by atoms with E-state index in [2.05, 4.69) is 5.32 Å². The van der Waals surface area contributed by atoms with Gasteiger partial charge in [-0.2, -0.15) is 0 Å². The van der Waals surface area contributed by atoms with Gasteiger partial charge >= 0.3 is 51.4 Å². The van der Waals surface area contributed by atoms with Gasteiger partial charge in [-0.25, -0.2) is 0 Å². The first-order chi connectivity index (χ1) is 2.89. The number of nitrogens with zero attached hydrogens (tertiary/aromatic N) is 1. The van der Waals surface area contributed by atoms with Crippen LogP contribution in [0.4, 0.5) is 0 Å². The summed E-state index contributed by atoms with van der Waals surface area (Å²) >= 11 is 0. The topological polar surface area (TPSA) is 31.2 Å². The van der Waals surface area contributed by atoms with Gasteiger partial charge in [-0.05, 0) is 6.42 Å². The zero-order valence-electron chi connectivity index (χ0n) is 4.48. The monoisotopic (exact) mass is 123 g/mol. The molecule has 1 aliphatic heterocycles. The molecular weight excluding hydrogens is 117 g/mol. The molecule has 1 rings (SSSR count). The summed E-state index contributed by atoms with van der Waals surface area (Å²) in [5, 5.41) is 3.60. The maximum Gasteiger partial charge on any atom is 1.00 e. The SMILES string of the molecule is O=C1CCC[N-]1.[K+]. The van der Waals surface area contributed by atoms with Crippen LogP contribution in [-0.2, 0) is 4.79 Å². The normalized spacial score (nSPS) is 18.0. The van der Waals surface area contributed by atoms with Crippen LogP contribution >= 0.6 is 0 Å². The minimum atomic E-state index is 0. The molecule has 0 unspecified atom stereocenters. The molecule has 7 heavy (non-hydrogen) atoms. The van der Waals surface area contributed by atoms with Crippen molar-refractivity contribution in [2.75, 3.05) is 6.54 Å². The van der Waals surface area contributed by atoms with Crippen molar-refractivity contribution < 1.29 is 56.2 Å². The van der Waals surface area contributed by atoms with Crippen LogP contribution in [0.15, 0.2) is 0 Å². The summed E-state index contributed by atoms with van der Waals surface area (Å²) in [7, 11) is 0. The first-order valence-corrected chi connectivity index (χ1v) is 2.10. The third-order valence-corrected chi connectivity index (χ3v) is 0.837. The van der Waals surface area contributed by atoms with Crippen molar-refractivity contribution in [3.63, 3.8) is 0 Å². The Kier molecular flexibility index (Phi) is 4.67.